The Labute approximate surface area is 153 Å². The van der Waals surface area contributed by atoms with Crippen molar-refractivity contribution >= 4 is 29.1 Å². The third-order valence-electron chi connectivity index (χ3n) is 4.39. The van der Waals surface area contributed by atoms with Crippen molar-refractivity contribution in [3.05, 3.63) is 41.6 Å². The molecule has 0 unspecified atom stereocenters. The van der Waals surface area contributed by atoms with Crippen molar-refractivity contribution in [1.82, 2.24) is 14.9 Å². The molecule has 1 N–H and O–H groups in total. The highest BCUT2D eigenvalue weighted by Crippen LogP contribution is 2.20. The van der Waals surface area contributed by atoms with Gasteiger partial charge in [-0.25, -0.2) is 4.98 Å². The number of carbonyl (C=O) groups excluding carboxylic acids is 2. The maximum atomic E-state index is 11.6. The smallest absolute Gasteiger partial charge is 0.227 e. The standard InChI is InChI=1S/C19H23N5O2/c1-13-11-18(21-17-6-4-5-16(12-17)14(2)25)22-19(20-13)24-9-7-23(8-10-24)15(3)26/h4-6,11-12H,7-10H2,1-3H3,(H,20,21,22). The maximum Gasteiger partial charge on any atom is 0.227 e. The first-order valence-electron chi connectivity index (χ1n) is 8.66. The molecule has 2 heterocycles. The van der Waals surface area contributed by atoms with E-state index >= 15 is 0 Å². The number of aryl methyl sites for hydroxylation is 1. The molecule has 2 aromatic rings. The van der Waals surface area contributed by atoms with Crippen LogP contribution in [0.1, 0.15) is 29.9 Å². The monoisotopic (exact) mass is 353 g/mol. The number of nitrogens with one attached hydrogen (secondary N) is 1. The lowest BCUT2D eigenvalue weighted by Gasteiger charge is -2.34. The van der Waals surface area contributed by atoms with Crippen molar-refractivity contribution in [1.29, 1.82) is 0 Å². The summed E-state index contributed by atoms with van der Waals surface area (Å²) in [6, 6.07) is 9.21. The number of piperazine rings is 1. The van der Waals surface area contributed by atoms with Gasteiger partial charge in [-0.1, -0.05) is 12.1 Å². The van der Waals surface area contributed by atoms with E-state index in [2.05, 4.69) is 20.2 Å². The second kappa shape index (κ2) is 7.51. The third kappa shape index (κ3) is 4.17. The summed E-state index contributed by atoms with van der Waals surface area (Å²) in [5.41, 5.74) is 2.32. The largest absolute Gasteiger partial charge is 0.340 e. The van der Waals surface area contributed by atoms with Crippen molar-refractivity contribution in [3.63, 3.8) is 0 Å². The van der Waals surface area contributed by atoms with Crippen molar-refractivity contribution in [2.24, 2.45) is 0 Å². The summed E-state index contributed by atoms with van der Waals surface area (Å²) >= 11 is 0. The number of carbonyl (C=O) groups is 2. The summed E-state index contributed by atoms with van der Waals surface area (Å²) in [4.78, 5) is 36.1. The molecule has 1 aromatic heterocycles. The summed E-state index contributed by atoms with van der Waals surface area (Å²) in [6.07, 6.45) is 0. The Hall–Kier alpha value is -2.96. The zero-order valence-corrected chi connectivity index (χ0v) is 15.3. The molecule has 1 saturated heterocycles. The molecule has 136 valence electrons. The van der Waals surface area contributed by atoms with Crippen LogP contribution in [-0.4, -0.2) is 52.7 Å². The van der Waals surface area contributed by atoms with Crippen LogP contribution in [0.3, 0.4) is 0 Å². The lowest BCUT2D eigenvalue weighted by atomic mass is 10.1. The van der Waals surface area contributed by atoms with E-state index in [1.807, 2.05) is 36.1 Å². The van der Waals surface area contributed by atoms with E-state index in [4.69, 9.17) is 0 Å². The molecule has 0 atom stereocenters. The van der Waals surface area contributed by atoms with Crippen LogP contribution in [0.15, 0.2) is 30.3 Å². The van der Waals surface area contributed by atoms with E-state index in [9.17, 15) is 9.59 Å². The minimum atomic E-state index is 0.0246. The van der Waals surface area contributed by atoms with Crippen LogP contribution >= 0.6 is 0 Å². The molecule has 7 heteroatoms. The number of Topliss-reactive ketones (excluding diaryl/α,β-unsaturated/α-hetero) is 1. The summed E-state index contributed by atoms with van der Waals surface area (Å²) in [5, 5.41) is 3.25. The fraction of sp³-hybridized carbons (Fsp3) is 0.368. The molecule has 7 nitrogen and oxygen atoms in total. The number of benzene rings is 1. The van der Waals surface area contributed by atoms with Gasteiger partial charge in [-0.05, 0) is 26.0 Å². The van der Waals surface area contributed by atoms with E-state index < -0.39 is 0 Å². The number of hydrogen-bond acceptors (Lipinski definition) is 6. The van der Waals surface area contributed by atoms with Crippen molar-refractivity contribution in [3.8, 4) is 0 Å². The molecule has 0 radical (unpaired) electrons. The van der Waals surface area contributed by atoms with Crippen LogP contribution in [0.25, 0.3) is 0 Å². The van der Waals surface area contributed by atoms with Gasteiger partial charge in [-0.2, -0.15) is 4.98 Å². The zero-order chi connectivity index (χ0) is 18.7. The summed E-state index contributed by atoms with van der Waals surface area (Å²) in [5.74, 6) is 1.46. The van der Waals surface area contributed by atoms with Gasteiger partial charge >= 0.3 is 0 Å². The van der Waals surface area contributed by atoms with Gasteiger partial charge in [0.05, 0.1) is 0 Å². The number of hydrogen-bond donors (Lipinski definition) is 1. The Morgan fingerprint density at radius 2 is 1.77 bits per heavy atom. The quantitative estimate of drug-likeness (QED) is 0.851. The summed E-state index contributed by atoms with van der Waals surface area (Å²) in [7, 11) is 0. The first-order chi connectivity index (χ1) is 12.4. The molecule has 1 fully saturated rings. The third-order valence-corrected chi connectivity index (χ3v) is 4.39. The number of ketones is 1. The van der Waals surface area contributed by atoms with Crippen LogP contribution in [0.2, 0.25) is 0 Å². The maximum absolute atomic E-state index is 11.6. The Balaban J connectivity index is 1.77. The molecule has 0 spiro atoms. The van der Waals surface area contributed by atoms with E-state index in [0.29, 0.717) is 43.5 Å². The highest BCUT2D eigenvalue weighted by atomic mass is 16.2. The average Bonchev–Trinajstić information content (AvgIpc) is 2.61. The van der Waals surface area contributed by atoms with E-state index in [-0.39, 0.29) is 11.7 Å². The fourth-order valence-corrected chi connectivity index (χ4v) is 2.94. The second-order valence-corrected chi connectivity index (χ2v) is 6.45. The van der Waals surface area contributed by atoms with E-state index in [0.717, 1.165) is 11.4 Å². The Kier molecular flexibility index (Phi) is 5.16. The lowest BCUT2D eigenvalue weighted by molar-refractivity contribution is -0.129. The predicted molar refractivity (Wildman–Crippen MR) is 101 cm³/mol. The number of amides is 1. The van der Waals surface area contributed by atoms with Crippen LogP contribution < -0.4 is 10.2 Å². The highest BCUT2D eigenvalue weighted by Gasteiger charge is 2.21. The minimum Gasteiger partial charge on any atom is -0.340 e. The van der Waals surface area contributed by atoms with Crippen LogP contribution in [0.4, 0.5) is 17.5 Å². The molecular weight excluding hydrogens is 330 g/mol. The summed E-state index contributed by atoms with van der Waals surface area (Å²) < 4.78 is 0. The predicted octanol–water partition coefficient (Wildman–Crippen LogP) is 2.40. The molecule has 0 bridgehead atoms. The Bertz CT molecular complexity index is 828. The van der Waals surface area contributed by atoms with Crippen LogP contribution in [-0.2, 0) is 4.79 Å². The van der Waals surface area contributed by atoms with Gasteiger partial charge in [0.15, 0.2) is 5.78 Å². The minimum absolute atomic E-state index is 0.0246. The molecular formula is C19H23N5O2. The van der Waals surface area contributed by atoms with Crippen molar-refractivity contribution in [2.75, 3.05) is 36.4 Å². The number of nitrogens with zero attached hydrogens (tertiary/aromatic N) is 4. The van der Waals surface area contributed by atoms with E-state index in [1.54, 1.807) is 19.9 Å². The number of rotatable bonds is 4. The first kappa shape index (κ1) is 17.8. The lowest BCUT2D eigenvalue weighted by Crippen LogP contribution is -2.48. The molecule has 1 aliphatic heterocycles. The zero-order valence-electron chi connectivity index (χ0n) is 15.3. The van der Waals surface area contributed by atoms with Gasteiger partial charge in [-0.15, -0.1) is 0 Å². The van der Waals surface area contributed by atoms with Crippen molar-refractivity contribution in [2.45, 2.75) is 20.8 Å². The Morgan fingerprint density at radius 3 is 2.42 bits per heavy atom. The number of aromatic nitrogens is 2. The van der Waals surface area contributed by atoms with Crippen LogP contribution in [0.5, 0.6) is 0 Å². The SMILES string of the molecule is CC(=O)c1cccc(Nc2cc(C)nc(N3CCN(C(C)=O)CC3)n2)c1. The van der Waals surface area contributed by atoms with Gasteiger partial charge in [0.25, 0.3) is 0 Å². The van der Waals surface area contributed by atoms with Crippen LogP contribution in [0, 0.1) is 6.92 Å². The molecule has 0 aliphatic carbocycles. The molecule has 1 aliphatic rings. The second-order valence-electron chi connectivity index (χ2n) is 6.45. The highest BCUT2D eigenvalue weighted by molar-refractivity contribution is 5.95. The topological polar surface area (TPSA) is 78.4 Å². The first-order valence-corrected chi connectivity index (χ1v) is 8.66. The Morgan fingerprint density at radius 1 is 1.04 bits per heavy atom. The van der Waals surface area contributed by atoms with Crippen molar-refractivity contribution < 1.29 is 9.59 Å². The molecule has 26 heavy (non-hydrogen) atoms. The van der Waals surface area contributed by atoms with Gasteiger partial charge < -0.3 is 15.1 Å². The van der Waals surface area contributed by atoms with Gasteiger partial charge in [-0.3, -0.25) is 9.59 Å². The average molecular weight is 353 g/mol. The molecule has 1 amide bonds. The van der Waals surface area contributed by atoms with Gasteiger partial charge in [0, 0.05) is 56.1 Å². The fourth-order valence-electron chi connectivity index (χ4n) is 2.94. The summed E-state index contributed by atoms with van der Waals surface area (Å²) in [6.45, 7) is 7.84. The molecule has 1 aromatic carbocycles. The van der Waals surface area contributed by atoms with Gasteiger partial charge in [0.1, 0.15) is 5.82 Å². The van der Waals surface area contributed by atoms with Gasteiger partial charge in [0.2, 0.25) is 11.9 Å². The normalized spacial score (nSPS) is 14.3. The molecule has 3 rings (SSSR count). The molecule has 0 saturated carbocycles. The number of anilines is 3. The van der Waals surface area contributed by atoms with E-state index in [1.165, 1.54) is 0 Å².